The maximum atomic E-state index is 12.6. The number of furan rings is 1. The molecule has 1 aliphatic heterocycles. The molecule has 2 heterocycles. The molecule has 1 saturated heterocycles. The highest BCUT2D eigenvalue weighted by molar-refractivity contribution is 7.89. The molecule has 1 fully saturated rings. The highest BCUT2D eigenvalue weighted by atomic mass is 32.2. The quantitative estimate of drug-likeness (QED) is 0.631. The number of rotatable bonds is 8. The fraction of sp³-hybridized carbons (Fsp3) is 0.688. The van der Waals surface area contributed by atoms with E-state index in [0.717, 1.165) is 6.54 Å². The van der Waals surface area contributed by atoms with Crippen molar-refractivity contribution in [3.63, 3.8) is 0 Å². The molecule has 0 saturated carbocycles. The number of hydrogen-bond donors (Lipinski definition) is 0. The molecule has 8 nitrogen and oxygen atoms in total. The smallest absolute Gasteiger partial charge is 0.374 e. The Kier molecular flexibility index (Phi) is 7.00. The second kappa shape index (κ2) is 8.79. The second-order valence-electron chi connectivity index (χ2n) is 6.00. The first-order chi connectivity index (χ1) is 11.8. The average Bonchev–Trinajstić information content (AvgIpc) is 3.06. The Hall–Kier alpha value is -1.42. The number of nitrogens with zero attached hydrogens (tertiary/aromatic N) is 2. The highest BCUT2D eigenvalue weighted by Crippen LogP contribution is 2.20. The van der Waals surface area contributed by atoms with Gasteiger partial charge in [0.25, 0.3) is 10.0 Å². The lowest BCUT2D eigenvalue weighted by Gasteiger charge is -2.33. The summed E-state index contributed by atoms with van der Waals surface area (Å²) in [6.07, 6.45) is 0.189. The third-order valence-electron chi connectivity index (χ3n) is 3.84. The molecule has 0 radical (unpaired) electrons. The van der Waals surface area contributed by atoms with Crippen molar-refractivity contribution < 1.29 is 27.1 Å². The molecule has 0 aromatic carbocycles. The normalized spacial score (nSPS) is 17.1. The largest absolute Gasteiger partial charge is 0.460 e. The van der Waals surface area contributed by atoms with Crippen LogP contribution in [0.4, 0.5) is 0 Å². The number of sulfonamides is 1. The van der Waals surface area contributed by atoms with Gasteiger partial charge in [-0.05, 0) is 32.9 Å². The molecule has 0 N–H and O–H groups in total. The minimum absolute atomic E-state index is 0.107. The maximum absolute atomic E-state index is 12.6. The molecule has 0 bridgehead atoms. The van der Waals surface area contributed by atoms with Gasteiger partial charge in [-0.1, -0.05) is 0 Å². The van der Waals surface area contributed by atoms with Gasteiger partial charge in [0.05, 0.1) is 19.3 Å². The fourth-order valence-electron chi connectivity index (χ4n) is 2.51. The van der Waals surface area contributed by atoms with E-state index in [-0.39, 0.29) is 23.6 Å². The summed E-state index contributed by atoms with van der Waals surface area (Å²) in [6, 6.07) is 2.62. The zero-order chi connectivity index (χ0) is 18.4. The van der Waals surface area contributed by atoms with Gasteiger partial charge < -0.3 is 13.9 Å². The van der Waals surface area contributed by atoms with Gasteiger partial charge >= 0.3 is 5.97 Å². The summed E-state index contributed by atoms with van der Waals surface area (Å²) < 4.78 is 42.2. The van der Waals surface area contributed by atoms with Crippen LogP contribution in [0.1, 0.15) is 31.3 Å². The lowest BCUT2D eigenvalue weighted by atomic mass is 10.3. The lowest BCUT2D eigenvalue weighted by Crippen LogP contribution is -2.49. The Balaban J connectivity index is 1.92. The Morgan fingerprint density at radius 2 is 1.92 bits per heavy atom. The van der Waals surface area contributed by atoms with Crippen LogP contribution in [0.2, 0.25) is 0 Å². The van der Waals surface area contributed by atoms with Crippen LogP contribution in [0.15, 0.2) is 21.6 Å². The van der Waals surface area contributed by atoms with Crippen molar-refractivity contribution in [2.45, 2.75) is 32.0 Å². The SMILES string of the molecule is CCOC(=O)c1ccc(S(=O)(=O)N2CCN(CCOC(C)C)CC2)o1. The van der Waals surface area contributed by atoms with Crippen LogP contribution in [0.25, 0.3) is 0 Å². The van der Waals surface area contributed by atoms with E-state index >= 15 is 0 Å². The number of esters is 1. The molecule has 1 aliphatic rings. The molecule has 0 atom stereocenters. The van der Waals surface area contributed by atoms with Gasteiger partial charge in [0, 0.05) is 32.7 Å². The van der Waals surface area contributed by atoms with Gasteiger partial charge in [-0.25, -0.2) is 13.2 Å². The standard InChI is InChI=1S/C16H26N2O6S/c1-4-22-16(19)14-5-6-15(24-14)25(20,21)18-9-7-17(8-10-18)11-12-23-13(2)3/h5-6,13H,4,7-12H2,1-3H3. The van der Waals surface area contributed by atoms with Crippen molar-refractivity contribution in [3.05, 3.63) is 17.9 Å². The van der Waals surface area contributed by atoms with Crippen molar-refractivity contribution in [1.29, 1.82) is 0 Å². The summed E-state index contributed by atoms with van der Waals surface area (Å²) in [5.41, 5.74) is 0. The first-order valence-electron chi connectivity index (χ1n) is 8.45. The van der Waals surface area contributed by atoms with E-state index in [9.17, 15) is 13.2 Å². The predicted octanol–water partition coefficient (Wildman–Crippen LogP) is 1.19. The third-order valence-corrected chi connectivity index (χ3v) is 5.61. The van der Waals surface area contributed by atoms with Crippen molar-refractivity contribution in [2.24, 2.45) is 0 Å². The van der Waals surface area contributed by atoms with Crippen LogP contribution in [-0.2, 0) is 19.5 Å². The van der Waals surface area contributed by atoms with E-state index in [2.05, 4.69) is 4.90 Å². The molecule has 0 amide bonds. The Morgan fingerprint density at radius 1 is 1.24 bits per heavy atom. The fourth-order valence-corrected chi connectivity index (χ4v) is 3.84. The monoisotopic (exact) mass is 374 g/mol. The lowest BCUT2D eigenvalue weighted by molar-refractivity contribution is 0.0483. The van der Waals surface area contributed by atoms with Crippen LogP contribution >= 0.6 is 0 Å². The average molecular weight is 374 g/mol. The maximum Gasteiger partial charge on any atom is 0.374 e. The Morgan fingerprint density at radius 3 is 2.52 bits per heavy atom. The minimum Gasteiger partial charge on any atom is -0.460 e. The van der Waals surface area contributed by atoms with Crippen LogP contribution in [0, 0.1) is 0 Å². The van der Waals surface area contributed by atoms with Gasteiger partial charge in [-0.15, -0.1) is 0 Å². The molecule has 0 aliphatic carbocycles. The van der Waals surface area contributed by atoms with E-state index in [1.54, 1.807) is 6.92 Å². The summed E-state index contributed by atoms with van der Waals surface area (Å²) in [6.45, 7) is 9.26. The van der Waals surface area contributed by atoms with Crippen LogP contribution in [0.3, 0.4) is 0 Å². The summed E-state index contributed by atoms with van der Waals surface area (Å²) in [7, 11) is -3.75. The molecule has 0 spiro atoms. The van der Waals surface area contributed by atoms with Crippen molar-refractivity contribution in [2.75, 3.05) is 45.9 Å². The Bertz CT molecular complexity index is 662. The summed E-state index contributed by atoms with van der Waals surface area (Å²) in [5.74, 6) is -0.774. The molecule has 25 heavy (non-hydrogen) atoms. The van der Waals surface area contributed by atoms with E-state index in [4.69, 9.17) is 13.9 Å². The van der Waals surface area contributed by atoms with E-state index in [1.807, 2.05) is 13.8 Å². The zero-order valence-electron chi connectivity index (χ0n) is 14.9. The van der Waals surface area contributed by atoms with Crippen molar-refractivity contribution in [3.8, 4) is 0 Å². The first kappa shape index (κ1) is 19.9. The van der Waals surface area contributed by atoms with Gasteiger partial charge in [0.2, 0.25) is 10.9 Å². The molecule has 9 heteroatoms. The number of ether oxygens (including phenoxy) is 2. The topological polar surface area (TPSA) is 89.3 Å². The number of hydrogen-bond acceptors (Lipinski definition) is 7. The van der Waals surface area contributed by atoms with Crippen molar-refractivity contribution in [1.82, 2.24) is 9.21 Å². The molecule has 142 valence electrons. The molecule has 0 unspecified atom stereocenters. The van der Waals surface area contributed by atoms with Crippen LogP contribution in [0.5, 0.6) is 0 Å². The molecule has 2 rings (SSSR count). The van der Waals surface area contributed by atoms with Gasteiger partial charge in [-0.3, -0.25) is 4.90 Å². The van der Waals surface area contributed by atoms with Gasteiger partial charge in [-0.2, -0.15) is 4.31 Å². The highest BCUT2D eigenvalue weighted by Gasteiger charge is 2.31. The first-order valence-corrected chi connectivity index (χ1v) is 9.89. The molecule has 1 aromatic heterocycles. The van der Waals surface area contributed by atoms with Crippen molar-refractivity contribution >= 4 is 16.0 Å². The summed E-state index contributed by atoms with van der Waals surface area (Å²) in [5, 5.41) is -0.229. The summed E-state index contributed by atoms with van der Waals surface area (Å²) >= 11 is 0. The number of carbonyl (C=O) groups is 1. The molecule has 1 aromatic rings. The minimum atomic E-state index is -3.75. The van der Waals surface area contributed by atoms with E-state index in [0.29, 0.717) is 32.8 Å². The Labute approximate surface area is 148 Å². The van der Waals surface area contributed by atoms with Gasteiger partial charge in [0.1, 0.15) is 0 Å². The van der Waals surface area contributed by atoms with Gasteiger partial charge in [0.15, 0.2) is 0 Å². The number of piperazine rings is 1. The van der Waals surface area contributed by atoms with Crippen LogP contribution in [-0.4, -0.2) is 75.6 Å². The zero-order valence-corrected chi connectivity index (χ0v) is 15.8. The predicted molar refractivity (Wildman–Crippen MR) is 91.0 cm³/mol. The third kappa shape index (κ3) is 5.27. The number of carbonyl (C=O) groups excluding carboxylic acids is 1. The molecular formula is C16H26N2O6S. The second-order valence-corrected chi connectivity index (χ2v) is 7.87. The summed E-state index contributed by atoms with van der Waals surface area (Å²) in [4.78, 5) is 13.8. The van der Waals surface area contributed by atoms with Crippen LogP contribution < -0.4 is 0 Å². The van der Waals surface area contributed by atoms with E-state index < -0.39 is 16.0 Å². The van der Waals surface area contributed by atoms with E-state index in [1.165, 1.54) is 16.4 Å². The molecular weight excluding hydrogens is 348 g/mol.